The van der Waals surface area contributed by atoms with E-state index in [2.05, 4.69) is 12.2 Å². The molecular weight excluding hydrogens is 346 g/mol. The summed E-state index contributed by atoms with van der Waals surface area (Å²) in [7, 11) is 1.68. The summed E-state index contributed by atoms with van der Waals surface area (Å²) < 4.78 is 0. The average molecular weight is 390 g/mol. The van der Waals surface area contributed by atoms with E-state index in [-0.39, 0.29) is 5.91 Å². The number of unbranched alkanes of at least 4 members (excludes halogenated alkanes) is 11. The fraction of sp³-hybridized carbons (Fsp3) is 0.952. The van der Waals surface area contributed by atoms with Crippen molar-refractivity contribution in [1.29, 1.82) is 0 Å². The highest BCUT2D eigenvalue weighted by Gasteiger charge is 1.98. The van der Waals surface area contributed by atoms with E-state index in [1.807, 2.05) is 0 Å². The van der Waals surface area contributed by atoms with Gasteiger partial charge in [0.1, 0.15) is 0 Å². The topological polar surface area (TPSA) is 47.6 Å². The second kappa shape index (κ2) is 22.8. The Morgan fingerprint density at radius 1 is 0.731 bits per heavy atom. The van der Waals surface area contributed by atoms with Gasteiger partial charge in [-0.05, 0) is 18.6 Å². The van der Waals surface area contributed by atoms with Crippen LogP contribution in [0.5, 0.6) is 0 Å². The highest BCUT2D eigenvalue weighted by molar-refractivity contribution is 7.99. The molecule has 0 unspecified atom stereocenters. The Labute approximate surface area is 166 Å². The van der Waals surface area contributed by atoms with Gasteiger partial charge in [0.2, 0.25) is 5.91 Å². The molecule has 0 rings (SSSR count). The number of rotatable bonds is 21. The number of thioether (sulfide) groups is 1. The number of hydrogen-bond acceptors (Lipinski definition) is 4. The minimum atomic E-state index is 0.111. The summed E-state index contributed by atoms with van der Waals surface area (Å²) >= 11 is 1.79. The van der Waals surface area contributed by atoms with Crippen LogP contribution in [0.4, 0.5) is 0 Å². The monoisotopic (exact) mass is 389 g/mol. The quantitative estimate of drug-likeness (QED) is 0.151. The van der Waals surface area contributed by atoms with Gasteiger partial charge in [0.15, 0.2) is 0 Å². The third-order valence-corrected chi connectivity index (χ3v) is 5.50. The van der Waals surface area contributed by atoms with Crippen molar-refractivity contribution in [1.82, 2.24) is 5.32 Å². The normalized spacial score (nSPS) is 11.0. The molecule has 0 aliphatic rings. The molecule has 0 aromatic carbocycles. The van der Waals surface area contributed by atoms with E-state index in [9.17, 15) is 4.79 Å². The van der Waals surface area contributed by atoms with Crippen molar-refractivity contribution < 1.29 is 14.6 Å². The van der Waals surface area contributed by atoms with Gasteiger partial charge in [-0.25, -0.2) is 9.78 Å². The van der Waals surface area contributed by atoms with Gasteiger partial charge in [-0.3, -0.25) is 4.79 Å². The van der Waals surface area contributed by atoms with E-state index in [0.717, 1.165) is 24.3 Å². The van der Waals surface area contributed by atoms with Crippen molar-refractivity contribution in [2.24, 2.45) is 0 Å². The molecule has 4 nitrogen and oxygen atoms in total. The van der Waals surface area contributed by atoms with Crippen LogP contribution in [0.2, 0.25) is 0 Å². The molecule has 156 valence electrons. The molecule has 5 heteroatoms. The Bertz CT molecular complexity index is 290. The number of hydrogen-bond donors (Lipinski definition) is 1. The zero-order valence-corrected chi connectivity index (χ0v) is 18.2. The van der Waals surface area contributed by atoms with E-state index in [1.54, 1.807) is 18.8 Å². The number of carbonyl (C=O) groups excluding carboxylic acids is 1. The van der Waals surface area contributed by atoms with Crippen LogP contribution in [-0.2, 0) is 14.6 Å². The predicted octanol–water partition coefficient (Wildman–Crippen LogP) is 5.90. The summed E-state index contributed by atoms with van der Waals surface area (Å²) in [4.78, 5) is 21.4. The lowest BCUT2D eigenvalue weighted by Crippen LogP contribution is -2.17. The third-order valence-electron chi connectivity index (χ3n) is 4.43. The number of amides is 1. The Hall–Kier alpha value is -0.260. The van der Waals surface area contributed by atoms with Crippen LogP contribution in [-0.4, -0.2) is 37.7 Å². The largest absolute Gasteiger partial charge is 0.359 e. The van der Waals surface area contributed by atoms with Gasteiger partial charge in [0.05, 0.1) is 13.2 Å². The van der Waals surface area contributed by atoms with Crippen molar-refractivity contribution in [3.8, 4) is 0 Å². The maximum absolute atomic E-state index is 11.0. The molecule has 0 heterocycles. The molecule has 0 bridgehead atoms. The summed E-state index contributed by atoms with van der Waals surface area (Å²) in [5.41, 5.74) is 0. The standard InChI is InChI=1S/C21H43NO3S/c1-3-4-5-6-7-8-9-10-11-12-13-14-17-24-25-18-15-19-26-20-16-21(23)22-2/h3-20H2,1-2H3,(H,22,23). The van der Waals surface area contributed by atoms with Gasteiger partial charge in [-0.15, -0.1) is 0 Å². The van der Waals surface area contributed by atoms with Gasteiger partial charge in [-0.1, -0.05) is 77.6 Å². The second-order valence-corrected chi connectivity index (χ2v) is 8.15. The molecule has 0 aromatic rings. The lowest BCUT2D eigenvalue weighted by molar-refractivity contribution is -0.294. The Morgan fingerprint density at radius 3 is 1.77 bits per heavy atom. The molecule has 1 N–H and O–H groups in total. The smallest absolute Gasteiger partial charge is 0.220 e. The zero-order valence-electron chi connectivity index (χ0n) is 17.4. The molecule has 0 aliphatic heterocycles. The minimum absolute atomic E-state index is 0.111. The van der Waals surface area contributed by atoms with Gasteiger partial charge < -0.3 is 5.32 Å². The van der Waals surface area contributed by atoms with E-state index in [4.69, 9.17) is 9.78 Å². The summed E-state index contributed by atoms with van der Waals surface area (Å²) in [6.07, 6.45) is 17.8. The van der Waals surface area contributed by atoms with Gasteiger partial charge >= 0.3 is 0 Å². The van der Waals surface area contributed by atoms with Crippen LogP contribution in [0.15, 0.2) is 0 Å². The molecule has 0 saturated carbocycles. The van der Waals surface area contributed by atoms with Crippen LogP contribution in [0, 0.1) is 0 Å². The minimum Gasteiger partial charge on any atom is -0.359 e. The first kappa shape index (κ1) is 25.7. The number of carbonyl (C=O) groups is 1. The molecule has 0 saturated heterocycles. The Morgan fingerprint density at radius 2 is 1.23 bits per heavy atom. The lowest BCUT2D eigenvalue weighted by atomic mass is 10.1. The van der Waals surface area contributed by atoms with Crippen molar-refractivity contribution in [3.63, 3.8) is 0 Å². The van der Waals surface area contributed by atoms with Crippen LogP contribution in [0.3, 0.4) is 0 Å². The van der Waals surface area contributed by atoms with Crippen molar-refractivity contribution in [3.05, 3.63) is 0 Å². The van der Waals surface area contributed by atoms with Gasteiger partial charge in [-0.2, -0.15) is 11.8 Å². The van der Waals surface area contributed by atoms with Crippen LogP contribution < -0.4 is 5.32 Å². The Kier molecular flexibility index (Phi) is 22.6. The molecule has 0 spiro atoms. The van der Waals surface area contributed by atoms with Gasteiger partial charge in [0.25, 0.3) is 0 Å². The van der Waals surface area contributed by atoms with Crippen LogP contribution in [0.25, 0.3) is 0 Å². The first-order chi connectivity index (χ1) is 12.8. The summed E-state index contributed by atoms with van der Waals surface area (Å²) in [6, 6.07) is 0. The van der Waals surface area contributed by atoms with Crippen molar-refractivity contribution in [2.45, 2.75) is 96.8 Å². The van der Waals surface area contributed by atoms with Crippen molar-refractivity contribution >= 4 is 17.7 Å². The molecule has 0 aliphatic carbocycles. The highest BCUT2D eigenvalue weighted by atomic mass is 32.2. The molecule has 0 aromatic heterocycles. The summed E-state index contributed by atoms with van der Waals surface area (Å²) in [5, 5.41) is 2.63. The fourth-order valence-electron chi connectivity index (χ4n) is 2.73. The SMILES string of the molecule is CCCCCCCCCCCCCCOOCCCSCCC(=O)NC. The molecule has 1 amide bonds. The average Bonchev–Trinajstić information content (AvgIpc) is 2.66. The molecule has 0 fully saturated rings. The van der Waals surface area contributed by atoms with Gasteiger partial charge in [0, 0.05) is 19.2 Å². The Balaban J connectivity index is 3.00. The zero-order chi connectivity index (χ0) is 19.1. The maximum atomic E-state index is 11.0. The number of nitrogens with one attached hydrogen (secondary N) is 1. The maximum Gasteiger partial charge on any atom is 0.220 e. The summed E-state index contributed by atoms with van der Waals surface area (Å²) in [5.74, 6) is 2.00. The summed E-state index contributed by atoms with van der Waals surface area (Å²) in [6.45, 7) is 3.63. The van der Waals surface area contributed by atoms with Crippen LogP contribution in [0.1, 0.15) is 96.8 Å². The fourth-order valence-corrected chi connectivity index (χ4v) is 3.59. The lowest BCUT2D eigenvalue weighted by Gasteiger charge is -2.05. The molecule has 0 radical (unpaired) electrons. The van der Waals surface area contributed by atoms with E-state index in [1.165, 1.54) is 70.6 Å². The third kappa shape index (κ3) is 21.8. The first-order valence-electron chi connectivity index (χ1n) is 10.8. The highest BCUT2D eigenvalue weighted by Crippen LogP contribution is 2.12. The van der Waals surface area contributed by atoms with E-state index < -0.39 is 0 Å². The predicted molar refractivity (Wildman–Crippen MR) is 114 cm³/mol. The van der Waals surface area contributed by atoms with Crippen molar-refractivity contribution in [2.75, 3.05) is 31.8 Å². The first-order valence-corrected chi connectivity index (χ1v) is 12.0. The molecule has 0 atom stereocenters. The molecule has 26 heavy (non-hydrogen) atoms. The molecular formula is C21H43NO3S. The van der Waals surface area contributed by atoms with E-state index >= 15 is 0 Å². The second-order valence-electron chi connectivity index (χ2n) is 6.92. The van der Waals surface area contributed by atoms with E-state index in [0.29, 0.717) is 19.6 Å². The van der Waals surface area contributed by atoms with Crippen LogP contribution >= 0.6 is 11.8 Å².